The molecule has 6 nitrogen and oxygen atoms in total. The Morgan fingerprint density at radius 1 is 1.38 bits per heavy atom. The minimum absolute atomic E-state index is 0.134. The summed E-state index contributed by atoms with van der Waals surface area (Å²) < 4.78 is 33.2. The molecule has 118 valence electrons. The van der Waals surface area contributed by atoms with Crippen LogP contribution in [0.3, 0.4) is 0 Å². The van der Waals surface area contributed by atoms with Crippen LogP contribution in [0.25, 0.3) is 0 Å². The number of benzene rings is 1. The largest absolute Gasteiger partial charge is 0.397 e. The quantitative estimate of drug-likeness (QED) is 0.791. The minimum Gasteiger partial charge on any atom is -0.397 e. The maximum atomic E-state index is 12.5. The van der Waals surface area contributed by atoms with E-state index in [4.69, 9.17) is 10.5 Å². The van der Waals surface area contributed by atoms with Gasteiger partial charge in [0.2, 0.25) is 10.0 Å². The highest BCUT2D eigenvalue weighted by Gasteiger charge is 2.24. The van der Waals surface area contributed by atoms with Crippen LogP contribution in [-0.2, 0) is 14.8 Å². The molecule has 0 amide bonds. The summed E-state index contributed by atoms with van der Waals surface area (Å²) in [5, 5.41) is 0. The molecule has 0 radical (unpaired) electrons. The Hall–Kier alpha value is -1.15. The average Bonchev–Trinajstić information content (AvgIpc) is 2.41. The lowest BCUT2D eigenvalue weighted by molar-refractivity contribution is -0.0156. The van der Waals surface area contributed by atoms with Gasteiger partial charge in [-0.15, -0.1) is 0 Å². The van der Waals surface area contributed by atoms with Crippen LogP contribution in [0.5, 0.6) is 0 Å². The van der Waals surface area contributed by atoms with Gasteiger partial charge in [0.25, 0.3) is 0 Å². The summed E-state index contributed by atoms with van der Waals surface area (Å²) >= 11 is 0. The van der Waals surface area contributed by atoms with Crippen molar-refractivity contribution in [3.8, 4) is 0 Å². The number of rotatable bonds is 4. The van der Waals surface area contributed by atoms with Gasteiger partial charge in [-0.2, -0.15) is 0 Å². The second kappa shape index (κ2) is 6.31. The van der Waals surface area contributed by atoms with E-state index in [-0.39, 0.29) is 17.5 Å². The summed E-state index contributed by atoms with van der Waals surface area (Å²) in [6.45, 7) is 5.99. The van der Waals surface area contributed by atoms with Crippen molar-refractivity contribution in [2.75, 3.05) is 39.0 Å². The fourth-order valence-corrected chi connectivity index (χ4v) is 3.92. The molecule has 1 saturated heterocycles. The molecule has 1 aliphatic heterocycles. The van der Waals surface area contributed by atoms with Crippen molar-refractivity contribution < 1.29 is 13.2 Å². The SMILES string of the molecule is Cc1ccc(C)c(S(=O)(=O)NCC2CN(C)CCO2)c1N. The Labute approximate surface area is 126 Å². The smallest absolute Gasteiger partial charge is 0.242 e. The van der Waals surface area contributed by atoms with Crippen molar-refractivity contribution in [3.05, 3.63) is 23.3 Å². The van der Waals surface area contributed by atoms with Gasteiger partial charge >= 0.3 is 0 Å². The average molecular weight is 313 g/mol. The molecule has 1 aromatic carbocycles. The number of morpholine rings is 1. The summed E-state index contributed by atoms with van der Waals surface area (Å²) in [5.41, 5.74) is 7.66. The Kier molecular flexibility index (Phi) is 4.88. The summed E-state index contributed by atoms with van der Waals surface area (Å²) in [5.74, 6) is 0. The number of nitrogens with one attached hydrogen (secondary N) is 1. The number of sulfonamides is 1. The van der Waals surface area contributed by atoms with Gasteiger partial charge in [0, 0.05) is 19.6 Å². The molecule has 1 heterocycles. The van der Waals surface area contributed by atoms with Gasteiger partial charge in [0.1, 0.15) is 4.90 Å². The molecular weight excluding hydrogens is 290 g/mol. The maximum Gasteiger partial charge on any atom is 0.242 e. The molecule has 0 saturated carbocycles. The highest BCUT2D eigenvalue weighted by Crippen LogP contribution is 2.25. The van der Waals surface area contributed by atoms with E-state index in [9.17, 15) is 8.42 Å². The molecule has 3 N–H and O–H groups in total. The number of nitrogens with zero attached hydrogens (tertiary/aromatic N) is 1. The van der Waals surface area contributed by atoms with E-state index in [0.717, 1.165) is 12.1 Å². The fourth-order valence-electron chi connectivity index (χ4n) is 2.43. The Bertz CT molecular complexity index is 616. The summed E-state index contributed by atoms with van der Waals surface area (Å²) in [7, 11) is -1.64. The number of hydrogen-bond donors (Lipinski definition) is 2. The van der Waals surface area contributed by atoms with Gasteiger partial charge in [-0.25, -0.2) is 13.1 Å². The monoisotopic (exact) mass is 313 g/mol. The summed E-state index contributed by atoms with van der Waals surface area (Å²) in [4.78, 5) is 2.29. The molecule has 1 aromatic rings. The first kappa shape index (κ1) is 16.2. The fraction of sp³-hybridized carbons (Fsp3) is 0.571. The van der Waals surface area contributed by atoms with Crippen molar-refractivity contribution in [2.24, 2.45) is 0 Å². The number of likely N-dealkylation sites (N-methyl/N-ethyl adjacent to an activating group) is 1. The van der Waals surface area contributed by atoms with Crippen LogP contribution in [0.1, 0.15) is 11.1 Å². The normalized spacial score (nSPS) is 20.6. The van der Waals surface area contributed by atoms with E-state index in [1.807, 2.05) is 13.1 Å². The predicted octanol–water partition coefficient (Wildman–Crippen LogP) is 0.495. The highest BCUT2D eigenvalue weighted by molar-refractivity contribution is 7.89. The number of nitrogen functional groups attached to an aromatic ring is 1. The second-order valence-corrected chi connectivity index (χ2v) is 7.25. The van der Waals surface area contributed by atoms with Crippen molar-refractivity contribution in [1.29, 1.82) is 0 Å². The molecule has 0 aromatic heterocycles. The van der Waals surface area contributed by atoms with Crippen molar-refractivity contribution >= 4 is 15.7 Å². The molecule has 1 unspecified atom stereocenters. The zero-order valence-corrected chi connectivity index (χ0v) is 13.5. The maximum absolute atomic E-state index is 12.5. The van der Waals surface area contributed by atoms with Crippen LogP contribution in [0, 0.1) is 13.8 Å². The van der Waals surface area contributed by atoms with Gasteiger partial charge in [0.05, 0.1) is 18.4 Å². The van der Waals surface area contributed by atoms with Gasteiger partial charge in [-0.3, -0.25) is 0 Å². The number of nitrogens with two attached hydrogens (primary N) is 1. The molecule has 0 aliphatic carbocycles. The standard InChI is InChI=1S/C14H23N3O3S/c1-10-4-5-11(2)14(13(10)15)21(18,19)16-8-12-9-17(3)6-7-20-12/h4-5,12,16H,6-9,15H2,1-3H3. The Morgan fingerprint density at radius 2 is 2.05 bits per heavy atom. The molecular formula is C14H23N3O3S. The first-order valence-corrected chi connectivity index (χ1v) is 8.45. The third-order valence-corrected chi connectivity index (χ3v) is 5.35. The van der Waals surface area contributed by atoms with E-state index < -0.39 is 10.0 Å². The van der Waals surface area contributed by atoms with Crippen LogP contribution in [0.2, 0.25) is 0 Å². The molecule has 1 atom stereocenters. The Morgan fingerprint density at radius 3 is 2.71 bits per heavy atom. The molecule has 0 bridgehead atoms. The number of anilines is 1. The van der Waals surface area contributed by atoms with E-state index in [0.29, 0.717) is 24.4 Å². The van der Waals surface area contributed by atoms with E-state index >= 15 is 0 Å². The molecule has 7 heteroatoms. The molecule has 0 spiro atoms. The number of aryl methyl sites for hydroxylation is 2. The highest BCUT2D eigenvalue weighted by atomic mass is 32.2. The zero-order valence-electron chi connectivity index (χ0n) is 12.7. The predicted molar refractivity (Wildman–Crippen MR) is 82.8 cm³/mol. The third kappa shape index (κ3) is 3.74. The lowest BCUT2D eigenvalue weighted by atomic mass is 10.1. The lowest BCUT2D eigenvalue weighted by Crippen LogP contribution is -2.46. The number of ether oxygens (including phenoxy) is 1. The van der Waals surface area contributed by atoms with Crippen LogP contribution in [0.15, 0.2) is 17.0 Å². The van der Waals surface area contributed by atoms with Crippen molar-refractivity contribution in [1.82, 2.24) is 9.62 Å². The molecule has 1 aliphatic rings. The summed E-state index contributed by atoms with van der Waals surface area (Å²) in [6, 6.07) is 3.59. The summed E-state index contributed by atoms with van der Waals surface area (Å²) in [6.07, 6.45) is -0.134. The topological polar surface area (TPSA) is 84.7 Å². The Balaban J connectivity index is 2.14. The van der Waals surface area contributed by atoms with Crippen molar-refractivity contribution in [2.45, 2.75) is 24.8 Å². The molecule has 1 fully saturated rings. The van der Waals surface area contributed by atoms with Gasteiger partial charge in [-0.05, 0) is 32.0 Å². The van der Waals surface area contributed by atoms with Gasteiger partial charge in [0.15, 0.2) is 0 Å². The minimum atomic E-state index is -3.63. The van der Waals surface area contributed by atoms with E-state index in [1.165, 1.54) is 0 Å². The van der Waals surface area contributed by atoms with Gasteiger partial charge in [-0.1, -0.05) is 12.1 Å². The first-order chi connectivity index (χ1) is 9.81. The number of hydrogen-bond acceptors (Lipinski definition) is 5. The van der Waals surface area contributed by atoms with E-state index in [1.54, 1.807) is 19.9 Å². The van der Waals surface area contributed by atoms with Crippen molar-refractivity contribution in [3.63, 3.8) is 0 Å². The zero-order chi connectivity index (χ0) is 15.6. The lowest BCUT2D eigenvalue weighted by Gasteiger charge is -2.30. The van der Waals surface area contributed by atoms with Crippen LogP contribution >= 0.6 is 0 Å². The molecule has 2 rings (SSSR count). The van der Waals surface area contributed by atoms with E-state index in [2.05, 4.69) is 9.62 Å². The van der Waals surface area contributed by atoms with Crippen LogP contribution < -0.4 is 10.5 Å². The van der Waals surface area contributed by atoms with Crippen LogP contribution in [0.4, 0.5) is 5.69 Å². The molecule has 21 heavy (non-hydrogen) atoms. The second-order valence-electron chi connectivity index (χ2n) is 5.55. The van der Waals surface area contributed by atoms with Gasteiger partial charge < -0.3 is 15.4 Å². The van der Waals surface area contributed by atoms with Crippen LogP contribution in [-0.4, -0.2) is 52.7 Å². The first-order valence-electron chi connectivity index (χ1n) is 6.97. The third-order valence-electron chi connectivity index (χ3n) is 3.72.